The lowest BCUT2D eigenvalue weighted by molar-refractivity contribution is 0.00988. The summed E-state index contributed by atoms with van der Waals surface area (Å²) < 4.78 is 17.0. The molecule has 1 aliphatic heterocycles. The zero-order valence-corrected chi connectivity index (χ0v) is 20.3. The van der Waals surface area contributed by atoms with E-state index in [1.54, 1.807) is 7.11 Å². The molecule has 2 aliphatic rings. The molecule has 0 spiro atoms. The standard InChI is InChI=1S/C21H41N3O3.HI/c1-3-22-21(23-13-7-17-26-19-9-5-4-6-10-19)24-14-11-20(12-15-24)27-18-8-16-25-2;/h19-20H,3-18H2,1-2H3,(H,22,23);1H. The van der Waals surface area contributed by atoms with Gasteiger partial charge in [0.05, 0.1) is 12.2 Å². The number of methoxy groups -OCH3 is 1. The summed E-state index contributed by atoms with van der Waals surface area (Å²) in [7, 11) is 1.74. The van der Waals surface area contributed by atoms with Crippen molar-refractivity contribution in [2.75, 3.05) is 53.1 Å². The zero-order chi connectivity index (χ0) is 19.2. The zero-order valence-electron chi connectivity index (χ0n) is 18.0. The van der Waals surface area contributed by atoms with Crippen LogP contribution in [0.3, 0.4) is 0 Å². The Labute approximate surface area is 189 Å². The average Bonchev–Trinajstić information content (AvgIpc) is 2.71. The van der Waals surface area contributed by atoms with Crippen molar-refractivity contribution in [2.45, 2.75) is 76.9 Å². The van der Waals surface area contributed by atoms with Gasteiger partial charge in [-0.15, -0.1) is 24.0 Å². The average molecular weight is 511 g/mol. The van der Waals surface area contributed by atoms with Gasteiger partial charge in [0.2, 0.25) is 0 Å². The van der Waals surface area contributed by atoms with Crippen LogP contribution in [0.2, 0.25) is 0 Å². The molecule has 28 heavy (non-hydrogen) atoms. The smallest absolute Gasteiger partial charge is 0.193 e. The maximum Gasteiger partial charge on any atom is 0.193 e. The summed E-state index contributed by atoms with van der Waals surface area (Å²) in [6.07, 6.45) is 11.5. The van der Waals surface area contributed by atoms with Crippen LogP contribution in [0.5, 0.6) is 0 Å². The summed E-state index contributed by atoms with van der Waals surface area (Å²) in [5.74, 6) is 1.05. The lowest BCUT2D eigenvalue weighted by Gasteiger charge is -2.34. The summed E-state index contributed by atoms with van der Waals surface area (Å²) in [6.45, 7) is 8.32. The molecule has 0 bridgehead atoms. The van der Waals surface area contributed by atoms with Crippen molar-refractivity contribution in [3.05, 3.63) is 0 Å². The molecule has 2 fully saturated rings. The van der Waals surface area contributed by atoms with Gasteiger partial charge in [-0.3, -0.25) is 4.99 Å². The van der Waals surface area contributed by atoms with Crippen molar-refractivity contribution in [3.8, 4) is 0 Å². The molecule has 7 heteroatoms. The largest absolute Gasteiger partial charge is 0.385 e. The normalized spacial score (nSPS) is 19.5. The molecule has 0 aromatic heterocycles. The highest BCUT2D eigenvalue weighted by molar-refractivity contribution is 14.0. The van der Waals surface area contributed by atoms with Gasteiger partial charge in [0.1, 0.15) is 0 Å². The van der Waals surface area contributed by atoms with E-state index in [9.17, 15) is 0 Å². The highest BCUT2D eigenvalue weighted by atomic mass is 127. The van der Waals surface area contributed by atoms with Gasteiger partial charge in [0.25, 0.3) is 0 Å². The number of hydrogen-bond donors (Lipinski definition) is 1. The van der Waals surface area contributed by atoms with Crippen LogP contribution >= 0.6 is 24.0 Å². The van der Waals surface area contributed by atoms with Gasteiger partial charge in [-0.1, -0.05) is 19.3 Å². The number of nitrogens with one attached hydrogen (secondary N) is 1. The highest BCUT2D eigenvalue weighted by Gasteiger charge is 2.21. The fraction of sp³-hybridized carbons (Fsp3) is 0.952. The van der Waals surface area contributed by atoms with Gasteiger partial charge in [-0.05, 0) is 45.4 Å². The summed E-state index contributed by atoms with van der Waals surface area (Å²) in [6, 6.07) is 0. The summed E-state index contributed by atoms with van der Waals surface area (Å²) in [4.78, 5) is 7.20. The van der Waals surface area contributed by atoms with Crippen LogP contribution in [-0.2, 0) is 14.2 Å². The molecule has 6 nitrogen and oxygen atoms in total. The topological polar surface area (TPSA) is 55.3 Å². The van der Waals surface area contributed by atoms with Crippen LogP contribution in [0.1, 0.15) is 64.7 Å². The van der Waals surface area contributed by atoms with Crippen molar-refractivity contribution < 1.29 is 14.2 Å². The predicted molar refractivity (Wildman–Crippen MR) is 126 cm³/mol. The van der Waals surface area contributed by atoms with E-state index in [1.165, 1.54) is 32.1 Å². The van der Waals surface area contributed by atoms with Gasteiger partial charge >= 0.3 is 0 Å². The number of hydrogen-bond acceptors (Lipinski definition) is 4. The van der Waals surface area contributed by atoms with Gasteiger partial charge < -0.3 is 24.4 Å². The van der Waals surface area contributed by atoms with E-state index in [-0.39, 0.29) is 24.0 Å². The number of ether oxygens (including phenoxy) is 3. The fourth-order valence-corrected chi connectivity index (χ4v) is 3.84. The number of nitrogens with zero attached hydrogens (tertiary/aromatic N) is 2. The SMILES string of the molecule is CCNC(=NCCCOC1CCCCC1)N1CCC(OCCCOC)CC1.I. The molecule has 1 aliphatic carbocycles. The van der Waals surface area contributed by atoms with Crippen molar-refractivity contribution in [2.24, 2.45) is 4.99 Å². The number of likely N-dealkylation sites (tertiary alicyclic amines) is 1. The van der Waals surface area contributed by atoms with Crippen LogP contribution in [0.15, 0.2) is 4.99 Å². The second-order valence-electron chi connectivity index (χ2n) is 7.62. The highest BCUT2D eigenvalue weighted by Crippen LogP contribution is 2.20. The molecule has 1 saturated carbocycles. The summed E-state index contributed by atoms with van der Waals surface area (Å²) in [5.41, 5.74) is 0. The number of rotatable bonds is 11. The molecule has 1 heterocycles. The van der Waals surface area contributed by atoms with Crippen molar-refractivity contribution in [3.63, 3.8) is 0 Å². The Balaban J connectivity index is 0.00000392. The second-order valence-corrected chi connectivity index (χ2v) is 7.62. The van der Waals surface area contributed by atoms with E-state index >= 15 is 0 Å². The van der Waals surface area contributed by atoms with Gasteiger partial charge in [-0.25, -0.2) is 0 Å². The number of aliphatic imine (C=N–C) groups is 1. The lowest BCUT2D eigenvalue weighted by Crippen LogP contribution is -2.47. The minimum atomic E-state index is 0. The molecule has 0 aromatic rings. The molecule has 0 unspecified atom stereocenters. The van der Waals surface area contributed by atoms with Gasteiger partial charge in [0, 0.05) is 53.1 Å². The molecule has 0 radical (unpaired) electrons. The first-order chi connectivity index (χ1) is 13.3. The van der Waals surface area contributed by atoms with Crippen molar-refractivity contribution in [1.82, 2.24) is 10.2 Å². The van der Waals surface area contributed by atoms with E-state index in [0.717, 1.165) is 77.6 Å². The van der Waals surface area contributed by atoms with E-state index in [1.807, 2.05) is 0 Å². The Morgan fingerprint density at radius 2 is 1.57 bits per heavy atom. The van der Waals surface area contributed by atoms with Crippen molar-refractivity contribution in [1.29, 1.82) is 0 Å². The number of halogens is 1. The Kier molecular flexibility index (Phi) is 15.4. The third-order valence-corrected chi connectivity index (χ3v) is 5.39. The van der Waals surface area contributed by atoms with Gasteiger partial charge in [-0.2, -0.15) is 0 Å². The second kappa shape index (κ2) is 16.7. The number of piperidine rings is 1. The third kappa shape index (κ3) is 10.6. The van der Waals surface area contributed by atoms with Crippen LogP contribution in [0.25, 0.3) is 0 Å². The molecular formula is C21H42IN3O3. The Hall–Kier alpha value is -0.120. The Morgan fingerprint density at radius 1 is 0.929 bits per heavy atom. The van der Waals surface area contributed by atoms with Gasteiger partial charge in [0.15, 0.2) is 5.96 Å². The summed E-state index contributed by atoms with van der Waals surface area (Å²) >= 11 is 0. The van der Waals surface area contributed by atoms with Crippen LogP contribution in [0, 0.1) is 0 Å². The lowest BCUT2D eigenvalue weighted by atomic mass is 9.98. The Bertz CT molecular complexity index is 398. The minimum absolute atomic E-state index is 0. The molecule has 0 atom stereocenters. The first-order valence-electron chi connectivity index (χ1n) is 11.1. The first kappa shape index (κ1) is 25.9. The molecular weight excluding hydrogens is 469 g/mol. The monoisotopic (exact) mass is 511 g/mol. The predicted octanol–water partition coefficient (Wildman–Crippen LogP) is 3.83. The molecule has 1 N–H and O–H groups in total. The van der Waals surface area contributed by atoms with Crippen LogP contribution in [-0.4, -0.2) is 76.2 Å². The Morgan fingerprint density at radius 3 is 2.21 bits per heavy atom. The summed E-state index contributed by atoms with van der Waals surface area (Å²) in [5, 5.41) is 3.45. The first-order valence-corrected chi connectivity index (χ1v) is 11.1. The molecule has 0 amide bonds. The van der Waals surface area contributed by atoms with E-state index in [2.05, 4.69) is 17.1 Å². The maximum absolute atomic E-state index is 6.01. The number of guanidine groups is 1. The quantitative estimate of drug-likeness (QED) is 0.198. The van der Waals surface area contributed by atoms with E-state index in [4.69, 9.17) is 19.2 Å². The van der Waals surface area contributed by atoms with Crippen LogP contribution in [0.4, 0.5) is 0 Å². The van der Waals surface area contributed by atoms with Crippen molar-refractivity contribution >= 4 is 29.9 Å². The van der Waals surface area contributed by atoms with Crippen LogP contribution < -0.4 is 5.32 Å². The fourth-order valence-electron chi connectivity index (χ4n) is 3.84. The maximum atomic E-state index is 6.01. The molecule has 0 aromatic carbocycles. The molecule has 166 valence electrons. The third-order valence-electron chi connectivity index (χ3n) is 5.39. The van der Waals surface area contributed by atoms with E-state index < -0.39 is 0 Å². The molecule has 1 saturated heterocycles. The minimum Gasteiger partial charge on any atom is -0.385 e. The van der Waals surface area contributed by atoms with E-state index in [0.29, 0.717) is 12.2 Å². The molecule has 2 rings (SSSR count).